The van der Waals surface area contributed by atoms with E-state index in [1.807, 2.05) is 0 Å². The van der Waals surface area contributed by atoms with E-state index in [9.17, 15) is 46.2 Å². The molecule has 4 atom stereocenters. The van der Waals surface area contributed by atoms with Crippen LogP contribution in [0.15, 0.2) is 198 Å². The van der Waals surface area contributed by atoms with Crippen LogP contribution in [-0.2, 0) is 61.7 Å². The number of benzene rings is 6. The van der Waals surface area contributed by atoms with Crippen LogP contribution in [0, 0.1) is 29.1 Å². The number of carboxylic acids is 1. The lowest BCUT2D eigenvalue weighted by Gasteiger charge is -2.40. The fourth-order valence-corrected chi connectivity index (χ4v) is 13.4. The second-order valence-corrected chi connectivity index (χ2v) is 27.8. The summed E-state index contributed by atoms with van der Waals surface area (Å²) in [5.74, 6) is -10.0. The molecular formula is C78H70Cl3F8N17O11. The summed E-state index contributed by atoms with van der Waals surface area (Å²) < 4.78 is 144. The van der Waals surface area contributed by atoms with Crippen LogP contribution >= 0.6 is 34.8 Å². The first-order chi connectivity index (χ1) is 56.0. The van der Waals surface area contributed by atoms with Crippen molar-refractivity contribution in [3.05, 3.63) is 255 Å². The highest BCUT2D eigenvalue weighted by atomic mass is 35.5. The minimum Gasteiger partial charge on any atom is -0.480 e. The number of aliphatic imine (C=N–C) groups is 1. The highest BCUT2D eigenvalue weighted by Gasteiger charge is 2.44. The van der Waals surface area contributed by atoms with Crippen LogP contribution in [0.4, 0.5) is 67.0 Å². The van der Waals surface area contributed by atoms with Crippen molar-refractivity contribution >= 4 is 116 Å². The zero-order chi connectivity index (χ0) is 83.4. The van der Waals surface area contributed by atoms with Crippen molar-refractivity contribution < 1.29 is 87.7 Å². The molecule has 610 valence electrons. The van der Waals surface area contributed by atoms with Crippen LogP contribution in [0.1, 0.15) is 55.5 Å². The summed E-state index contributed by atoms with van der Waals surface area (Å²) in [6.45, 7) is -2.19. The van der Waals surface area contributed by atoms with Gasteiger partial charge in [0.15, 0.2) is 11.6 Å². The van der Waals surface area contributed by atoms with E-state index in [2.05, 4.69) is 46.7 Å². The maximum absolute atomic E-state index is 16.0. The van der Waals surface area contributed by atoms with Crippen molar-refractivity contribution in [3.63, 3.8) is 0 Å². The molecule has 0 fully saturated rings. The highest BCUT2D eigenvalue weighted by molar-refractivity contribution is 6.32. The Kier molecular flexibility index (Phi) is 26.8. The van der Waals surface area contributed by atoms with Gasteiger partial charge in [0.25, 0.3) is 0 Å². The fourth-order valence-electron chi connectivity index (χ4n) is 12.8. The van der Waals surface area contributed by atoms with Gasteiger partial charge in [0, 0.05) is 120 Å². The smallest absolute Gasteiger partial charge is 0.451 e. The van der Waals surface area contributed by atoms with Gasteiger partial charge in [-0.3, -0.25) is 35.1 Å². The number of anilines is 3. The van der Waals surface area contributed by atoms with E-state index in [4.69, 9.17) is 53.5 Å². The zero-order valence-corrected chi connectivity index (χ0v) is 64.2. The molecule has 117 heavy (non-hydrogen) atoms. The molecule has 2 aliphatic heterocycles. The number of aryl methyl sites for hydroxylation is 1. The van der Waals surface area contributed by atoms with Crippen molar-refractivity contribution in [1.29, 1.82) is 0 Å². The number of hydrazine groups is 4. The number of nitrogens with zero attached hydrogens (tertiary/aromatic N) is 13. The van der Waals surface area contributed by atoms with Crippen LogP contribution in [0.5, 0.6) is 0 Å². The molecule has 39 heteroatoms. The van der Waals surface area contributed by atoms with Gasteiger partial charge in [-0.25, -0.2) is 77.0 Å². The van der Waals surface area contributed by atoms with E-state index >= 15 is 22.8 Å². The number of rotatable bonds is 32. The molecule has 0 aliphatic carbocycles. The number of carboxylic acid groups (broad SMARTS) is 1. The van der Waals surface area contributed by atoms with E-state index in [1.54, 1.807) is 48.1 Å². The molecule has 5 amide bonds. The summed E-state index contributed by atoms with van der Waals surface area (Å²) in [6.07, 6.45) is -0.543. The Morgan fingerprint density at radius 2 is 1.26 bits per heavy atom. The average molecular weight is 1680 g/mol. The number of aliphatic carboxylic acids is 1. The van der Waals surface area contributed by atoms with Gasteiger partial charge < -0.3 is 33.3 Å². The first-order valence-electron chi connectivity index (χ1n) is 35.7. The van der Waals surface area contributed by atoms with E-state index < -0.39 is 162 Å². The Bertz CT molecular complexity index is 5460. The van der Waals surface area contributed by atoms with Gasteiger partial charge in [0.1, 0.15) is 66.5 Å². The number of imidazole rings is 1. The molecule has 6 heterocycles. The second kappa shape index (κ2) is 37.4. The number of amides is 5. The minimum atomic E-state index is -4.85. The first kappa shape index (κ1) is 83.9. The minimum absolute atomic E-state index is 0.0186. The molecule has 0 bridgehead atoms. The summed E-state index contributed by atoms with van der Waals surface area (Å²) in [5, 5.41) is 23.6. The van der Waals surface area contributed by atoms with Gasteiger partial charge in [-0.2, -0.15) is 23.2 Å². The number of halogens is 11. The number of nitrogens with one attached hydrogen (secondary N) is 4. The highest BCUT2D eigenvalue weighted by Crippen LogP contribution is 2.34. The van der Waals surface area contributed by atoms with Gasteiger partial charge in [0.05, 0.1) is 45.2 Å². The Labute approximate surface area is 675 Å². The van der Waals surface area contributed by atoms with Gasteiger partial charge in [0.2, 0.25) is 23.5 Å². The summed E-state index contributed by atoms with van der Waals surface area (Å²) >= 11 is 19.6. The number of carbonyl (C=O) groups is 6. The molecule has 12 rings (SSSR count). The number of pyridine rings is 2. The fraction of sp³-hybridized carbons (Fsp3) is 0.244. The lowest BCUT2D eigenvalue weighted by atomic mass is 10.0. The Hall–Kier alpha value is -12.5. The molecule has 28 nitrogen and oxygen atoms in total. The molecule has 0 saturated heterocycles. The number of carbonyl (C=O) groups excluding carboxylic acids is 5. The van der Waals surface area contributed by atoms with Crippen LogP contribution in [0.25, 0.3) is 32.8 Å². The van der Waals surface area contributed by atoms with Crippen molar-refractivity contribution in [2.75, 3.05) is 41.6 Å². The summed E-state index contributed by atoms with van der Waals surface area (Å²) in [6, 6.07) is 24.0. The number of fused-ring (bicyclic) bond motifs is 3. The number of ether oxygens (including phenoxy) is 3. The molecule has 2 aliphatic rings. The molecule has 6 aromatic carbocycles. The van der Waals surface area contributed by atoms with E-state index in [-0.39, 0.29) is 82.3 Å². The molecule has 5 N–H and O–H groups in total. The molecular weight excluding hydrogens is 1610 g/mol. The van der Waals surface area contributed by atoms with Crippen molar-refractivity contribution in [2.24, 2.45) is 12.0 Å². The van der Waals surface area contributed by atoms with Crippen LogP contribution in [-0.4, -0.2) is 153 Å². The third-order valence-electron chi connectivity index (χ3n) is 18.5. The first-order valence-corrected chi connectivity index (χ1v) is 36.8. The van der Waals surface area contributed by atoms with Crippen molar-refractivity contribution in [3.8, 4) is 11.3 Å². The maximum atomic E-state index is 16.0. The summed E-state index contributed by atoms with van der Waals surface area (Å²) in [7, 11) is 1.67. The molecule has 0 saturated carbocycles. The van der Waals surface area contributed by atoms with E-state index in [1.165, 1.54) is 116 Å². The SMILES string of the molecule is CC(=O)N(NCc1cccc(F)c1Cl)[C@H](COC(=O)N(c1cc2cc(F)ccc2cn1)N(Cc1cccc(F)c1Cl)C(C[C@@H](COC(=O)N(c1cc(-c2cccc(F)c2)no1)[C@@H](CCCN1C=CN2NC(C(F)(F)F)=NC2=C1)COC(=O)Nc1cc2ccccc2cn1)N(NCc1cccc(F)c1Cl)C(C)=O)C(=O)O)Cc1cn(C)cn1. The van der Waals surface area contributed by atoms with Crippen LogP contribution in [0.3, 0.4) is 0 Å². The number of hydrogen-bond donors (Lipinski definition) is 5. The summed E-state index contributed by atoms with van der Waals surface area (Å²) in [4.78, 5) is 108. The van der Waals surface area contributed by atoms with Crippen LogP contribution in [0.2, 0.25) is 15.1 Å². The monoisotopic (exact) mass is 1680 g/mol. The van der Waals surface area contributed by atoms with Gasteiger partial charge >= 0.3 is 30.4 Å². The second-order valence-electron chi connectivity index (χ2n) is 26.6. The quantitative estimate of drug-likeness (QED) is 0.0149. The molecule has 1 unspecified atom stereocenters. The van der Waals surface area contributed by atoms with E-state index in [0.29, 0.717) is 21.5 Å². The lowest BCUT2D eigenvalue weighted by molar-refractivity contribution is -0.147. The predicted molar refractivity (Wildman–Crippen MR) is 412 cm³/mol. The molecule has 4 aromatic heterocycles. The molecule has 0 spiro atoms. The normalized spacial score (nSPS) is 13.6. The van der Waals surface area contributed by atoms with Crippen molar-refractivity contribution in [2.45, 2.75) is 89.5 Å². The number of alkyl halides is 3. The third kappa shape index (κ3) is 21.0. The topological polar surface area (TPSA) is 303 Å². The van der Waals surface area contributed by atoms with Gasteiger partial charge in [-0.05, 0) is 101 Å². The lowest BCUT2D eigenvalue weighted by Crippen LogP contribution is -2.59. The average Bonchev–Trinajstić information content (AvgIpc) is 1.52. The van der Waals surface area contributed by atoms with E-state index in [0.717, 1.165) is 79.7 Å². The molecule has 10 aromatic rings. The maximum Gasteiger partial charge on any atom is 0.451 e. The Balaban J connectivity index is 0.948. The van der Waals surface area contributed by atoms with Crippen molar-refractivity contribution in [1.82, 2.24) is 65.9 Å². The zero-order valence-electron chi connectivity index (χ0n) is 61.9. The standard InChI is InChI=1S/C78H70Cl3F8N17O11/c1-45(107)104(93-36-51-14-7-19-61(84)70(51)79)59(31-57-39-99(3)44-92-57)42-116-77(113)106(67-30-54-28-56(83)23-22-50(54)35-91-67)102(38-53-16-9-21-63(86)72(53)81)65(73(109)110)32-60(105(46(2)108)94-37-52-15-8-20-62(85)71(52)80)43-115-76(112)103(69-33-64(98-117-69)48-13-6-17-55(82)27-48)58(41-114-75(111)95-66-29-47-11-4-5-12-49(47)34-90-66)18-10-24-100-25-26-101-68(40-100)96-74(97-101)78(87,88)89/h4-9,11-17,19-23,25-30,33-35,39-40,44,58-60,65,93-94H,10,18,24,31-32,36-38,41-43H2,1-3H3,(H,96,97)(H,109,110)(H,90,95,111)/t58-,59-,60-,65?/m0/s1. The Morgan fingerprint density at radius 1 is 0.650 bits per heavy atom. The Morgan fingerprint density at radius 3 is 1.92 bits per heavy atom. The van der Waals surface area contributed by atoms with Crippen LogP contribution < -0.4 is 31.5 Å². The van der Waals surface area contributed by atoms with Gasteiger partial charge in [-0.15, -0.1) is 0 Å². The predicted octanol–water partition coefficient (Wildman–Crippen LogP) is 14.5. The number of hydrogen-bond acceptors (Lipinski definition) is 21. The third-order valence-corrected chi connectivity index (χ3v) is 19.7. The largest absolute Gasteiger partial charge is 0.480 e. The number of amidine groups is 1. The van der Waals surface area contributed by atoms with Gasteiger partial charge in [-0.1, -0.05) is 113 Å². The molecule has 0 radical (unpaired) electrons. The number of aromatic nitrogens is 5. The summed E-state index contributed by atoms with van der Waals surface area (Å²) in [5.41, 5.74) is 8.37.